The Morgan fingerprint density at radius 1 is 1.08 bits per heavy atom. The lowest BCUT2D eigenvalue weighted by atomic mass is 10.2. The molecule has 0 aliphatic carbocycles. The minimum Gasteiger partial charge on any atom is -0.494 e. The van der Waals surface area contributed by atoms with Crippen LogP contribution in [0.25, 0.3) is 0 Å². The average molecular weight is 364 g/mol. The lowest BCUT2D eigenvalue weighted by molar-refractivity contribution is -0.0757. The predicted molar refractivity (Wildman–Crippen MR) is 94.0 cm³/mol. The average Bonchev–Trinajstić information content (AvgIpc) is 2.62. The van der Waals surface area contributed by atoms with Crippen molar-refractivity contribution in [3.8, 4) is 5.75 Å². The number of hydrogen-bond acceptors (Lipinski definition) is 5. The molecule has 8 heteroatoms. The van der Waals surface area contributed by atoms with Crippen molar-refractivity contribution in [1.29, 1.82) is 0 Å². The number of nitrogens with zero attached hydrogens (tertiary/aromatic N) is 1. The van der Waals surface area contributed by atoms with Crippen LogP contribution in [0.2, 0.25) is 0 Å². The molecule has 0 aromatic heterocycles. The van der Waals surface area contributed by atoms with Crippen molar-refractivity contribution in [3.63, 3.8) is 0 Å². The number of carbonyl (C=O) groups is 1. The third-order valence-corrected chi connectivity index (χ3v) is 4.79. The van der Waals surface area contributed by atoms with Crippen LogP contribution < -0.4 is 9.46 Å². The molecule has 1 N–H and O–H groups in total. The number of hydroxylamine groups is 2. The van der Waals surface area contributed by atoms with E-state index in [9.17, 15) is 13.2 Å². The Morgan fingerprint density at radius 3 is 2.20 bits per heavy atom. The molecule has 134 valence electrons. The zero-order valence-electron chi connectivity index (χ0n) is 14.2. The maximum absolute atomic E-state index is 12.4. The minimum atomic E-state index is -3.75. The number of ether oxygens (including phenoxy) is 1. The minimum absolute atomic E-state index is 0.0537. The van der Waals surface area contributed by atoms with Crippen LogP contribution in [0, 0.1) is 0 Å². The van der Waals surface area contributed by atoms with Gasteiger partial charge in [0, 0.05) is 18.3 Å². The Morgan fingerprint density at radius 2 is 1.68 bits per heavy atom. The standard InChI is InChI=1S/C17H20N2O5S/c1-4-24-15-9-7-14(8-10-15)18-25(21,22)16-11-5-13(6-12-16)17(20)19(2)23-3/h5-12,18H,4H2,1-3H3. The lowest BCUT2D eigenvalue weighted by Crippen LogP contribution is -2.25. The van der Waals surface area contributed by atoms with Gasteiger partial charge < -0.3 is 4.74 Å². The number of benzene rings is 2. The molecule has 0 fully saturated rings. The monoisotopic (exact) mass is 364 g/mol. The maximum Gasteiger partial charge on any atom is 0.277 e. The first-order valence-corrected chi connectivity index (χ1v) is 9.03. The third kappa shape index (κ3) is 4.71. The van der Waals surface area contributed by atoms with Gasteiger partial charge >= 0.3 is 0 Å². The first kappa shape index (κ1) is 18.8. The highest BCUT2D eigenvalue weighted by atomic mass is 32.2. The molecule has 0 aliphatic heterocycles. The second-order valence-electron chi connectivity index (χ2n) is 5.07. The van der Waals surface area contributed by atoms with Crippen molar-refractivity contribution in [2.24, 2.45) is 0 Å². The van der Waals surface area contributed by atoms with Crippen molar-refractivity contribution in [2.45, 2.75) is 11.8 Å². The highest BCUT2D eigenvalue weighted by molar-refractivity contribution is 7.92. The van der Waals surface area contributed by atoms with Crippen LogP contribution in [-0.4, -0.2) is 40.2 Å². The second-order valence-corrected chi connectivity index (χ2v) is 6.75. The van der Waals surface area contributed by atoms with E-state index in [0.29, 0.717) is 23.6 Å². The predicted octanol–water partition coefficient (Wildman–Crippen LogP) is 2.52. The summed E-state index contributed by atoms with van der Waals surface area (Å²) in [5.41, 5.74) is 0.743. The summed E-state index contributed by atoms with van der Waals surface area (Å²) in [6.45, 7) is 2.41. The molecule has 2 aromatic rings. The van der Waals surface area contributed by atoms with E-state index in [4.69, 9.17) is 9.57 Å². The van der Waals surface area contributed by atoms with E-state index in [1.165, 1.54) is 38.4 Å². The van der Waals surface area contributed by atoms with Crippen LogP contribution in [0.3, 0.4) is 0 Å². The molecule has 0 saturated heterocycles. The summed E-state index contributed by atoms with van der Waals surface area (Å²) in [6, 6.07) is 12.2. The molecule has 0 saturated carbocycles. The molecule has 0 bridgehead atoms. The zero-order chi connectivity index (χ0) is 18.4. The number of hydrogen-bond donors (Lipinski definition) is 1. The van der Waals surface area contributed by atoms with Crippen LogP contribution in [0.1, 0.15) is 17.3 Å². The number of carbonyl (C=O) groups excluding carboxylic acids is 1. The fraction of sp³-hybridized carbons (Fsp3) is 0.235. The summed E-state index contributed by atoms with van der Waals surface area (Å²) >= 11 is 0. The molecule has 25 heavy (non-hydrogen) atoms. The summed E-state index contributed by atoms with van der Waals surface area (Å²) in [5.74, 6) is 0.293. The SMILES string of the molecule is CCOc1ccc(NS(=O)(=O)c2ccc(C(=O)N(C)OC)cc2)cc1. The van der Waals surface area contributed by atoms with Gasteiger partial charge in [0.25, 0.3) is 15.9 Å². The summed E-state index contributed by atoms with van der Waals surface area (Å²) in [6.07, 6.45) is 0. The van der Waals surface area contributed by atoms with Gasteiger partial charge in [0.2, 0.25) is 0 Å². The Labute approximate surface area is 147 Å². The summed E-state index contributed by atoms with van der Waals surface area (Å²) in [4.78, 5) is 16.8. The quantitative estimate of drug-likeness (QED) is 0.763. The Hall–Kier alpha value is -2.58. The molecule has 0 aliphatic rings. The van der Waals surface area contributed by atoms with Crippen LogP contribution in [-0.2, 0) is 14.9 Å². The number of sulfonamides is 1. The first-order chi connectivity index (χ1) is 11.9. The topological polar surface area (TPSA) is 84.9 Å². The van der Waals surface area contributed by atoms with Gasteiger partial charge in [-0.1, -0.05) is 0 Å². The first-order valence-electron chi connectivity index (χ1n) is 7.55. The summed E-state index contributed by atoms with van der Waals surface area (Å²) < 4.78 is 32.6. The van der Waals surface area contributed by atoms with Crippen molar-refractivity contribution >= 4 is 21.6 Å². The molecule has 0 atom stereocenters. The van der Waals surface area contributed by atoms with E-state index < -0.39 is 10.0 Å². The van der Waals surface area contributed by atoms with E-state index in [1.54, 1.807) is 24.3 Å². The molecular weight excluding hydrogens is 344 g/mol. The van der Waals surface area contributed by atoms with Gasteiger partial charge in [-0.2, -0.15) is 0 Å². The Kier molecular flexibility index (Phi) is 6.00. The van der Waals surface area contributed by atoms with Gasteiger partial charge in [0.1, 0.15) is 5.75 Å². The molecule has 7 nitrogen and oxygen atoms in total. The van der Waals surface area contributed by atoms with E-state index in [2.05, 4.69) is 4.72 Å². The summed E-state index contributed by atoms with van der Waals surface area (Å²) in [7, 11) is -0.909. The van der Waals surface area contributed by atoms with Gasteiger partial charge in [0.15, 0.2) is 0 Å². The Bertz CT molecular complexity index is 817. The van der Waals surface area contributed by atoms with Crippen molar-refractivity contribution in [3.05, 3.63) is 54.1 Å². The molecule has 2 rings (SSSR count). The number of rotatable bonds is 7. The maximum atomic E-state index is 12.4. The van der Waals surface area contributed by atoms with E-state index >= 15 is 0 Å². The molecule has 0 spiro atoms. The van der Waals surface area contributed by atoms with Crippen LogP contribution in [0.5, 0.6) is 5.75 Å². The highest BCUT2D eigenvalue weighted by Crippen LogP contribution is 2.20. The van der Waals surface area contributed by atoms with Gasteiger partial charge in [-0.15, -0.1) is 0 Å². The van der Waals surface area contributed by atoms with Crippen LogP contribution in [0.15, 0.2) is 53.4 Å². The molecule has 1 amide bonds. The Balaban J connectivity index is 2.15. The number of anilines is 1. The molecule has 0 radical (unpaired) electrons. The van der Waals surface area contributed by atoms with Gasteiger partial charge in [-0.3, -0.25) is 14.4 Å². The number of nitrogens with one attached hydrogen (secondary N) is 1. The van der Waals surface area contributed by atoms with Crippen LogP contribution >= 0.6 is 0 Å². The largest absolute Gasteiger partial charge is 0.494 e. The lowest BCUT2D eigenvalue weighted by Gasteiger charge is -2.14. The smallest absolute Gasteiger partial charge is 0.277 e. The van der Waals surface area contributed by atoms with Crippen molar-refractivity contribution in [1.82, 2.24) is 5.06 Å². The van der Waals surface area contributed by atoms with E-state index in [-0.39, 0.29) is 10.8 Å². The summed E-state index contributed by atoms with van der Waals surface area (Å²) in [5, 5.41) is 1.06. The highest BCUT2D eigenvalue weighted by Gasteiger charge is 2.16. The zero-order valence-corrected chi connectivity index (χ0v) is 15.0. The molecule has 0 unspecified atom stereocenters. The number of amides is 1. The molecular formula is C17H20N2O5S. The van der Waals surface area contributed by atoms with Crippen molar-refractivity contribution < 1.29 is 22.8 Å². The fourth-order valence-electron chi connectivity index (χ4n) is 2.04. The van der Waals surface area contributed by atoms with Gasteiger partial charge in [-0.25, -0.2) is 13.5 Å². The third-order valence-electron chi connectivity index (χ3n) is 3.39. The van der Waals surface area contributed by atoms with E-state index in [1.807, 2.05) is 6.92 Å². The fourth-order valence-corrected chi connectivity index (χ4v) is 3.10. The van der Waals surface area contributed by atoms with Gasteiger partial charge in [-0.05, 0) is 55.5 Å². The van der Waals surface area contributed by atoms with Crippen LogP contribution in [0.4, 0.5) is 5.69 Å². The van der Waals surface area contributed by atoms with E-state index in [0.717, 1.165) is 5.06 Å². The molecule has 2 aromatic carbocycles. The second kappa shape index (κ2) is 8.00. The normalized spacial score (nSPS) is 11.0. The molecule has 0 heterocycles. The van der Waals surface area contributed by atoms with Gasteiger partial charge in [0.05, 0.1) is 18.6 Å². The van der Waals surface area contributed by atoms with Crippen molar-refractivity contribution in [2.75, 3.05) is 25.5 Å².